The average Bonchev–Trinajstić information content (AvgIpc) is 3.08. The molecule has 0 aromatic heterocycles. The number of carbonyl (C=O) groups excluding carboxylic acids is 2. The van der Waals surface area contributed by atoms with Crippen molar-refractivity contribution in [1.29, 1.82) is 0 Å². The van der Waals surface area contributed by atoms with Crippen LogP contribution in [0.15, 0.2) is 30.4 Å². The fraction of sp³-hybridized carbons (Fsp3) is 0.333. The molecule has 3 aliphatic rings. The van der Waals surface area contributed by atoms with Crippen LogP contribution in [-0.4, -0.2) is 24.0 Å². The molecule has 0 radical (unpaired) electrons. The lowest BCUT2D eigenvalue weighted by atomic mass is 9.85. The Morgan fingerprint density at radius 1 is 1.10 bits per heavy atom. The van der Waals surface area contributed by atoms with Gasteiger partial charge in [-0.2, -0.15) is 0 Å². The second-order valence-corrected chi connectivity index (χ2v) is 5.88. The number of amides is 2. The van der Waals surface area contributed by atoms with Crippen molar-refractivity contribution < 1.29 is 14.3 Å². The number of hydrogen-bond acceptors (Lipinski definition) is 3. The van der Waals surface area contributed by atoms with E-state index in [1.807, 2.05) is 25.1 Å². The lowest BCUT2D eigenvalue weighted by molar-refractivity contribution is -0.124. The number of hydrogen-bond donors (Lipinski definition) is 0. The number of anilines is 1. The molecule has 3 heterocycles. The van der Waals surface area contributed by atoms with Gasteiger partial charge in [-0.3, -0.25) is 9.59 Å². The Hall–Kier alpha value is -1.65. The van der Waals surface area contributed by atoms with Crippen molar-refractivity contribution >= 4 is 29.1 Å². The highest BCUT2D eigenvalue weighted by Gasteiger charge is 2.61. The van der Waals surface area contributed by atoms with E-state index in [1.165, 1.54) is 4.90 Å². The molecule has 0 unspecified atom stereocenters. The first-order valence-electron chi connectivity index (χ1n) is 6.55. The lowest BCUT2D eigenvalue weighted by Crippen LogP contribution is -2.34. The van der Waals surface area contributed by atoms with Crippen molar-refractivity contribution in [3.8, 4) is 0 Å². The molecule has 5 heteroatoms. The predicted octanol–water partition coefficient (Wildman–Crippen LogP) is 2.09. The fourth-order valence-corrected chi connectivity index (χ4v) is 3.53. The van der Waals surface area contributed by atoms with Crippen LogP contribution in [-0.2, 0) is 14.3 Å². The smallest absolute Gasteiger partial charge is 0.240 e. The molecule has 4 nitrogen and oxygen atoms in total. The van der Waals surface area contributed by atoms with Crippen molar-refractivity contribution in [2.75, 3.05) is 4.90 Å². The summed E-state index contributed by atoms with van der Waals surface area (Å²) in [5.41, 5.74) is 1.44. The van der Waals surface area contributed by atoms with Gasteiger partial charge in [0.1, 0.15) is 0 Å². The predicted molar refractivity (Wildman–Crippen MR) is 73.5 cm³/mol. The van der Waals surface area contributed by atoms with Crippen molar-refractivity contribution in [2.45, 2.75) is 19.1 Å². The molecule has 20 heavy (non-hydrogen) atoms. The zero-order valence-corrected chi connectivity index (χ0v) is 11.5. The van der Waals surface area contributed by atoms with E-state index in [9.17, 15) is 9.59 Å². The van der Waals surface area contributed by atoms with Crippen LogP contribution in [0.2, 0.25) is 5.02 Å². The van der Waals surface area contributed by atoms with Crippen molar-refractivity contribution in [3.05, 3.63) is 40.9 Å². The molecule has 2 amide bonds. The summed E-state index contributed by atoms with van der Waals surface area (Å²) in [5, 5.41) is 0.514. The van der Waals surface area contributed by atoms with E-state index in [-0.39, 0.29) is 35.9 Å². The van der Waals surface area contributed by atoms with Crippen molar-refractivity contribution in [1.82, 2.24) is 0 Å². The maximum Gasteiger partial charge on any atom is 0.240 e. The first kappa shape index (κ1) is 12.1. The standard InChI is InChI=1S/C15H12ClNO3/c1-7-2-3-8(16)6-9(7)17-14(18)12-10-4-5-11(20-10)13(12)15(17)19/h2-6,10-13H,1H3/t10-,11+,12-,13+. The van der Waals surface area contributed by atoms with Gasteiger partial charge < -0.3 is 4.74 Å². The molecular weight excluding hydrogens is 278 g/mol. The van der Waals surface area contributed by atoms with Gasteiger partial charge in [0.25, 0.3) is 0 Å². The van der Waals surface area contributed by atoms with E-state index >= 15 is 0 Å². The van der Waals surface area contributed by atoms with Crippen molar-refractivity contribution in [2.24, 2.45) is 11.8 Å². The minimum atomic E-state index is -0.379. The molecule has 4 rings (SSSR count). The second-order valence-electron chi connectivity index (χ2n) is 5.44. The van der Waals surface area contributed by atoms with Gasteiger partial charge >= 0.3 is 0 Å². The van der Waals surface area contributed by atoms with Crippen LogP contribution in [0.5, 0.6) is 0 Å². The van der Waals surface area contributed by atoms with Gasteiger partial charge in [0.15, 0.2) is 0 Å². The molecule has 102 valence electrons. The van der Waals surface area contributed by atoms with Crippen LogP contribution in [0, 0.1) is 18.8 Å². The maximum absolute atomic E-state index is 12.6. The van der Waals surface area contributed by atoms with Crippen LogP contribution in [0.4, 0.5) is 5.69 Å². The highest BCUT2D eigenvalue weighted by atomic mass is 35.5. The average molecular weight is 290 g/mol. The number of fused-ring (bicyclic) bond motifs is 5. The summed E-state index contributed by atoms with van der Waals surface area (Å²) >= 11 is 5.99. The van der Waals surface area contributed by atoms with Gasteiger partial charge in [-0.15, -0.1) is 0 Å². The summed E-state index contributed by atoms with van der Waals surface area (Å²) in [6.07, 6.45) is 3.24. The van der Waals surface area contributed by atoms with Crippen LogP contribution in [0.25, 0.3) is 0 Å². The number of halogens is 1. The molecule has 0 aliphatic carbocycles. The number of rotatable bonds is 1. The molecule has 2 saturated heterocycles. The van der Waals surface area contributed by atoms with Gasteiger partial charge in [-0.1, -0.05) is 29.8 Å². The number of imide groups is 1. The summed E-state index contributed by atoms with van der Waals surface area (Å²) in [7, 11) is 0. The lowest BCUT2D eigenvalue weighted by Gasteiger charge is -2.19. The van der Waals surface area contributed by atoms with E-state index in [4.69, 9.17) is 16.3 Å². The van der Waals surface area contributed by atoms with Gasteiger partial charge in [-0.05, 0) is 24.6 Å². The van der Waals surface area contributed by atoms with Gasteiger partial charge in [-0.25, -0.2) is 4.90 Å². The summed E-state index contributed by atoms with van der Waals surface area (Å²) < 4.78 is 5.61. The Morgan fingerprint density at radius 2 is 1.70 bits per heavy atom. The molecule has 0 N–H and O–H groups in total. The SMILES string of the molecule is Cc1ccc(Cl)cc1N1C(=O)[C@@H]2[C@H](C1=O)[C@H]1C=C[C@@H]2O1. The third-order valence-electron chi connectivity index (χ3n) is 4.32. The van der Waals surface area contributed by atoms with E-state index in [1.54, 1.807) is 12.1 Å². The van der Waals surface area contributed by atoms with E-state index in [2.05, 4.69) is 0 Å². The summed E-state index contributed by atoms with van der Waals surface area (Å²) in [6.45, 7) is 1.86. The van der Waals surface area contributed by atoms with E-state index in [0.29, 0.717) is 10.7 Å². The minimum absolute atomic E-state index is 0.179. The highest BCUT2D eigenvalue weighted by Crippen LogP contribution is 2.46. The molecule has 4 atom stereocenters. The molecular formula is C15H12ClNO3. The quantitative estimate of drug-likeness (QED) is 0.587. The van der Waals surface area contributed by atoms with Gasteiger partial charge in [0.2, 0.25) is 11.8 Å². The molecule has 1 aromatic carbocycles. The molecule has 3 aliphatic heterocycles. The maximum atomic E-state index is 12.6. The molecule has 0 spiro atoms. The summed E-state index contributed by atoms with van der Waals surface area (Å²) in [5.74, 6) is -1.11. The van der Waals surface area contributed by atoms with Crippen LogP contribution in [0.1, 0.15) is 5.56 Å². The monoisotopic (exact) mass is 289 g/mol. The van der Waals surface area contributed by atoms with Crippen LogP contribution >= 0.6 is 11.6 Å². The first-order valence-corrected chi connectivity index (χ1v) is 6.93. The Bertz CT molecular complexity index is 639. The minimum Gasteiger partial charge on any atom is -0.365 e. The number of carbonyl (C=O) groups is 2. The van der Waals surface area contributed by atoms with Crippen LogP contribution in [0.3, 0.4) is 0 Å². The topological polar surface area (TPSA) is 46.6 Å². The molecule has 1 aromatic rings. The number of benzene rings is 1. The Morgan fingerprint density at radius 3 is 2.30 bits per heavy atom. The fourth-order valence-electron chi connectivity index (χ4n) is 3.36. The zero-order chi connectivity index (χ0) is 14.0. The number of ether oxygens (including phenoxy) is 1. The zero-order valence-electron chi connectivity index (χ0n) is 10.7. The second kappa shape index (κ2) is 3.93. The third-order valence-corrected chi connectivity index (χ3v) is 4.56. The molecule has 2 bridgehead atoms. The number of nitrogens with zero attached hydrogens (tertiary/aromatic N) is 1. The normalized spacial score (nSPS) is 34.2. The number of aryl methyl sites for hydroxylation is 1. The summed E-state index contributed by atoms with van der Waals surface area (Å²) in [6, 6.07) is 5.24. The first-order chi connectivity index (χ1) is 9.58. The van der Waals surface area contributed by atoms with Gasteiger partial charge in [0.05, 0.1) is 29.7 Å². The van der Waals surface area contributed by atoms with Crippen molar-refractivity contribution in [3.63, 3.8) is 0 Å². The highest BCUT2D eigenvalue weighted by molar-refractivity contribution is 6.31. The molecule has 2 fully saturated rings. The molecule has 0 saturated carbocycles. The van der Waals surface area contributed by atoms with E-state index < -0.39 is 0 Å². The summed E-state index contributed by atoms with van der Waals surface area (Å²) in [4.78, 5) is 26.5. The largest absolute Gasteiger partial charge is 0.365 e. The Balaban J connectivity index is 1.80. The Kier molecular flexibility index (Phi) is 2.38. The van der Waals surface area contributed by atoms with Gasteiger partial charge in [0, 0.05) is 5.02 Å². The van der Waals surface area contributed by atoms with E-state index in [0.717, 1.165) is 5.56 Å². The Labute approximate surface area is 121 Å². The third kappa shape index (κ3) is 1.41. The van der Waals surface area contributed by atoms with Crippen LogP contribution < -0.4 is 4.90 Å².